The summed E-state index contributed by atoms with van der Waals surface area (Å²) in [6.07, 6.45) is 4.09. The summed E-state index contributed by atoms with van der Waals surface area (Å²) < 4.78 is 13.8. The molecule has 0 saturated carbocycles. The molecule has 2 bridgehead atoms. The van der Waals surface area contributed by atoms with Crippen molar-refractivity contribution in [2.75, 3.05) is 0 Å². The molecule has 0 aliphatic carbocycles. The molecule has 1 unspecified atom stereocenters. The fraction of sp³-hybridized carbons (Fsp3) is 0.364. The number of aromatic amines is 1. The zero-order valence-electron chi connectivity index (χ0n) is 17.0. The smallest absolute Gasteiger partial charge is 0.256 e. The van der Waals surface area contributed by atoms with Gasteiger partial charge in [0.15, 0.2) is 0 Å². The zero-order chi connectivity index (χ0) is 21.9. The maximum atomic E-state index is 13.8. The van der Waals surface area contributed by atoms with Crippen LogP contribution in [0.3, 0.4) is 0 Å². The lowest BCUT2D eigenvalue weighted by Crippen LogP contribution is -2.53. The van der Waals surface area contributed by atoms with E-state index in [1.165, 1.54) is 12.1 Å². The fourth-order valence-corrected chi connectivity index (χ4v) is 5.26. The second-order valence-corrected chi connectivity index (χ2v) is 8.99. The molecule has 1 aromatic carbocycles. The van der Waals surface area contributed by atoms with Gasteiger partial charge in [0, 0.05) is 17.8 Å². The van der Waals surface area contributed by atoms with Crippen molar-refractivity contribution in [3.05, 3.63) is 62.9 Å². The van der Waals surface area contributed by atoms with Gasteiger partial charge in [0.25, 0.3) is 5.91 Å². The van der Waals surface area contributed by atoms with Crippen molar-refractivity contribution >= 4 is 29.1 Å². The molecule has 0 spiro atoms. The van der Waals surface area contributed by atoms with Gasteiger partial charge in [0.2, 0.25) is 0 Å². The molecule has 1 amide bonds. The summed E-state index contributed by atoms with van der Waals surface area (Å²) in [7, 11) is 0. The number of H-pyrrole nitrogens is 1. The van der Waals surface area contributed by atoms with Gasteiger partial charge in [-0.3, -0.25) is 9.89 Å². The lowest BCUT2D eigenvalue weighted by atomic mass is 9.76. The van der Waals surface area contributed by atoms with E-state index in [0.29, 0.717) is 12.2 Å². The topological polar surface area (TPSA) is 74.8 Å². The maximum Gasteiger partial charge on any atom is 0.256 e. The first-order chi connectivity index (χ1) is 14.9. The first-order valence-corrected chi connectivity index (χ1v) is 11.0. The second kappa shape index (κ2) is 7.57. The number of aryl methyl sites for hydroxylation is 1. The van der Waals surface area contributed by atoms with E-state index in [-0.39, 0.29) is 39.5 Å². The van der Waals surface area contributed by atoms with Crippen molar-refractivity contribution in [2.24, 2.45) is 5.92 Å². The van der Waals surface area contributed by atoms with Crippen LogP contribution in [-0.4, -0.2) is 37.0 Å². The predicted molar refractivity (Wildman–Crippen MR) is 116 cm³/mol. The van der Waals surface area contributed by atoms with Gasteiger partial charge in [-0.05, 0) is 50.3 Å². The van der Waals surface area contributed by atoms with Gasteiger partial charge in [-0.2, -0.15) is 5.10 Å². The molecule has 5 rings (SSSR count). The average Bonchev–Trinajstić information content (AvgIpc) is 3.28. The molecule has 6 nitrogen and oxygen atoms in total. The molecule has 1 N–H and O–H groups in total. The van der Waals surface area contributed by atoms with E-state index in [9.17, 15) is 9.18 Å². The van der Waals surface area contributed by atoms with Crippen LogP contribution >= 0.6 is 23.2 Å². The zero-order valence-corrected chi connectivity index (χ0v) is 18.5. The number of carbonyl (C=O) groups is 1. The fourth-order valence-electron chi connectivity index (χ4n) is 4.86. The van der Waals surface area contributed by atoms with Crippen molar-refractivity contribution in [3.8, 4) is 11.4 Å². The van der Waals surface area contributed by atoms with E-state index >= 15 is 0 Å². The first kappa shape index (κ1) is 20.4. The van der Waals surface area contributed by atoms with Crippen LogP contribution in [0.1, 0.15) is 53.2 Å². The van der Waals surface area contributed by atoms with Crippen molar-refractivity contribution in [1.29, 1.82) is 0 Å². The third-order valence-corrected chi connectivity index (χ3v) is 7.24. The first-order valence-electron chi connectivity index (χ1n) is 10.2. The SMILES string of the molecule is Cc1nc(-c2ccn[nH]2)c2c(n1)[C@H]1CC[C@H](C)C(C2)N1C(=O)c1ccc(F)c(Cl)c1Cl. The number of hydrogen-bond donors (Lipinski definition) is 1. The minimum Gasteiger partial charge on any atom is -0.326 e. The van der Waals surface area contributed by atoms with Gasteiger partial charge in [-0.1, -0.05) is 30.1 Å². The molecule has 3 atom stereocenters. The summed E-state index contributed by atoms with van der Waals surface area (Å²) >= 11 is 12.3. The van der Waals surface area contributed by atoms with Gasteiger partial charge in [0.05, 0.1) is 38.7 Å². The minimum absolute atomic E-state index is 0.0494. The maximum absolute atomic E-state index is 13.8. The molecule has 2 aliphatic rings. The van der Waals surface area contributed by atoms with E-state index in [0.717, 1.165) is 35.5 Å². The molecule has 3 aromatic rings. The van der Waals surface area contributed by atoms with Crippen LogP contribution in [0.5, 0.6) is 0 Å². The highest BCUT2D eigenvalue weighted by Gasteiger charge is 2.46. The highest BCUT2D eigenvalue weighted by molar-refractivity contribution is 6.44. The van der Waals surface area contributed by atoms with Crippen LogP contribution in [-0.2, 0) is 6.42 Å². The average molecular weight is 460 g/mol. The molecule has 9 heteroatoms. The number of piperidine rings is 1. The molecule has 2 aliphatic heterocycles. The van der Waals surface area contributed by atoms with E-state index in [1.54, 1.807) is 6.20 Å². The molecule has 4 heterocycles. The summed E-state index contributed by atoms with van der Waals surface area (Å²) in [5.41, 5.74) is 3.78. The lowest BCUT2D eigenvalue weighted by Gasteiger charge is -2.49. The molecular formula is C22H20Cl2FN5O. The van der Waals surface area contributed by atoms with Gasteiger partial charge in [-0.25, -0.2) is 14.4 Å². The van der Waals surface area contributed by atoms with E-state index < -0.39 is 5.82 Å². The van der Waals surface area contributed by atoms with Crippen molar-refractivity contribution < 1.29 is 9.18 Å². The quantitative estimate of drug-likeness (QED) is 0.537. The van der Waals surface area contributed by atoms with Crippen molar-refractivity contribution in [3.63, 3.8) is 0 Å². The lowest BCUT2D eigenvalue weighted by molar-refractivity contribution is 0.0230. The Bertz CT molecular complexity index is 1180. The Morgan fingerprint density at radius 3 is 2.74 bits per heavy atom. The number of halogens is 3. The Morgan fingerprint density at radius 2 is 2.00 bits per heavy atom. The van der Waals surface area contributed by atoms with Crippen LogP contribution in [0, 0.1) is 18.7 Å². The summed E-state index contributed by atoms with van der Waals surface area (Å²) in [5, 5.41) is 6.77. The highest BCUT2D eigenvalue weighted by Crippen LogP contribution is 2.46. The van der Waals surface area contributed by atoms with Crippen LogP contribution in [0.25, 0.3) is 11.4 Å². The molecular weight excluding hydrogens is 440 g/mol. The largest absolute Gasteiger partial charge is 0.326 e. The Morgan fingerprint density at radius 1 is 1.19 bits per heavy atom. The number of hydrogen-bond acceptors (Lipinski definition) is 4. The number of benzene rings is 1. The number of rotatable bonds is 2. The van der Waals surface area contributed by atoms with Crippen LogP contribution in [0.4, 0.5) is 4.39 Å². The summed E-state index contributed by atoms with van der Waals surface area (Å²) in [4.78, 5) is 25.0. The second-order valence-electron chi connectivity index (χ2n) is 8.23. The van der Waals surface area contributed by atoms with Crippen molar-refractivity contribution in [1.82, 2.24) is 25.1 Å². The Labute approximate surface area is 188 Å². The van der Waals surface area contributed by atoms with Gasteiger partial charge in [-0.15, -0.1) is 0 Å². The van der Waals surface area contributed by atoms with Gasteiger partial charge < -0.3 is 4.90 Å². The Balaban J connectivity index is 1.64. The minimum atomic E-state index is -0.645. The standard InChI is InChI=1S/C22H20Cl2FN5O/c1-10-3-6-16-21-13(20(27-11(2)28-21)15-7-8-26-29-15)9-17(10)30(16)22(31)12-4-5-14(25)19(24)18(12)23/h4-5,7-8,10,16-17H,3,6,9H2,1-2H3,(H,26,29)/t10-,16+,17?/m0/s1. The number of fused-ring (bicyclic) bond motifs is 4. The number of aromatic nitrogens is 4. The molecule has 0 radical (unpaired) electrons. The number of carbonyl (C=O) groups excluding carboxylic acids is 1. The number of nitrogens with one attached hydrogen (secondary N) is 1. The van der Waals surface area contributed by atoms with E-state index in [1.807, 2.05) is 17.9 Å². The normalized spacial score (nSPS) is 22.4. The Hall–Kier alpha value is -2.51. The predicted octanol–water partition coefficient (Wildman–Crippen LogP) is 5.16. The molecule has 31 heavy (non-hydrogen) atoms. The summed E-state index contributed by atoms with van der Waals surface area (Å²) in [6.45, 7) is 4.00. The van der Waals surface area contributed by atoms with Crippen LogP contribution in [0.15, 0.2) is 24.4 Å². The van der Waals surface area contributed by atoms with Gasteiger partial charge in [0.1, 0.15) is 11.6 Å². The van der Waals surface area contributed by atoms with E-state index in [2.05, 4.69) is 22.1 Å². The number of amides is 1. The Kier molecular flexibility index (Phi) is 4.98. The highest BCUT2D eigenvalue weighted by atomic mass is 35.5. The number of nitrogens with zero attached hydrogens (tertiary/aromatic N) is 4. The summed E-state index contributed by atoms with van der Waals surface area (Å²) in [6, 6.07) is 4.22. The van der Waals surface area contributed by atoms with Crippen LogP contribution < -0.4 is 0 Å². The molecule has 1 saturated heterocycles. The van der Waals surface area contributed by atoms with Gasteiger partial charge >= 0.3 is 0 Å². The monoisotopic (exact) mass is 459 g/mol. The molecule has 2 aromatic heterocycles. The summed E-state index contributed by atoms with van der Waals surface area (Å²) in [5.74, 6) is 0.0152. The van der Waals surface area contributed by atoms with E-state index in [4.69, 9.17) is 28.2 Å². The third kappa shape index (κ3) is 3.22. The molecule has 160 valence electrons. The molecule has 1 fully saturated rings. The third-order valence-electron chi connectivity index (χ3n) is 6.38. The van der Waals surface area contributed by atoms with Crippen molar-refractivity contribution in [2.45, 2.75) is 45.2 Å². The van der Waals surface area contributed by atoms with Crippen LogP contribution in [0.2, 0.25) is 10.0 Å².